The first-order chi connectivity index (χ1) is 10.5. The Balaban J connectivity index is 0.00000264. The first-order valence-corrected chi connectivity index (χ1v) is 9.76. The maximum Gasteiger partial charge on any atom is 0.243 e. The topological polar surface area (TPSA) is 58.6 Å². The van der Waals surface area contributed by atoms with Crippen LogP contribution in [0.15, 0.2) is 27.6 Å². The lowest BCUT2D eigenvalue weighted by atomic mass is 9.98. The Morgan fingerprint density at radius 1 is 1.35 bits per heavy atom. The average Bonchev–Trinajstić information content (AvgIpc) is 2.53. The van der Waals surface area contributed by atoms with Crippen LogP contribution in [0.1, 0.15) is 19.8 Å². The molecule has 132 valence electrons. The number of piperidine rings is 1. The maximum absolute atomic E-state index is 12.7. The Bertz CT molecular complexity index is 605. The fraction of sp³-hybridized carbons (Fsp3) is 0.600. The van der Waals surface area contributed by atoms with Crippen molar-refractivity contribution in [2.75, 3.05) is 33.3 Å². The van der Waals surface area contributed by atoms with Crippen LogP contribution >= 0.6 is 28.3 Å². The van der Waals surface area contributed by atoms with Gasteiger partial charge in [0.2, 0.25) is 10.0 Å². The van der Waals surface area contributed by atoms with Gasteiger partial charge >= 0.3 is 0 Å². The van der Waals surface area contributed by atoms with Crippen molar-refractivity contribution in [2.45, 2.75) is 24.7 Å². The van der Waals surface area contributed by atoms with Crippen molar-refractivity contribution >= 4 is 38.4 Å². The predicted molar refractivity (Wildman–Crippen MR) is 98.0 cm³/mol. The van der Waals surface area contributed by atoms with Gasteiger partial charge < -0.3 is 10.1 Å². The molecular formula is C15H24BrClN2O3S. The SMILES string of the molecule is CCNCC1CCN(S(=O)(=O)c2ccc(Br)c(OC)c2)CC1.Cl. The molecule has 0 aromatic heterocycles. The molecule has 0 unspecified atom stereocenters. The number of methoxy groups -OCH3 is 1. The van der Waals surface area contributed by atoms with Gasteiger partial charge in [-0.3, -0.25) is 0 Å². The summed E-state index contributed by atoms with van der Waals surface area (Å²) < 4.78 is 33.0. The highest BCUT2D eigenvalue weighted by molar-refractivity contribution is 9.10. The molecule has 1 heterocycles. The second-order valence-corrected chi connectivity index (χ2v) is 8.24. The molecule has 5 nitrogen and oxygen atoms in total. The van der Waals surface area contributed by atoms with Crippen molar-refractivity contribution in [1.29, 1.82) is 0 Å². The number of hydrogen-bond donors (Lipinski definition) is 1. The van der Waals surface area contributed by atoms with E-state index in [1.165, 1.54) is 7.11 Å². The molecule has 1 N–H and O–H groups in total. The summed E-state index contributed by atoms with van der Waals surface area (Å²) >= 11 is 3.34. The van der Waals surface area contributed by atoms with Gasteiger partial charge in [0.05, 0.1) is 16.5 Å². The number of benzene rings is 1. The summed E-state index contributed by atoms with van der Waals surface area (Å²) in [5.74, 6) is 1.09. The number of halogens is 2. The fourth-order valence-electron chi connectivity index (χ4n) is 2.65. The van der Waals surface area contributed by atoms with Crippen molar-refractivity contribution in [1.82, 2.24) is 9.62 Å². The van der Waals surface area contributed by atoms with Gasteiger partial charge in [-0.25, -0.2) is 8.42 Å². The predicted octanol–water partition coefficient (Wildman–Crippen LogP) is 2.89. The van der Waals surface area contributed by atoms with Crippen LogP contribution in [-0.4, -0.2) is 46.0 Å². The Hall–Kier alpha value is -0.340. The van der Waals surface area contributed by atoms with E-state index >= 15 is 0 Å². The highest BCUT2D eigenvalue weighted by Crippen LogP contribution is 2.30. The van der Waals surface area contributed by atoms with Crippen LogP contribution in [0.5, 0.6) is 5.75 Å². The van der Waals surface area contributed by atoms with E-state index in [1.807, 2.05) is 0 Å². The summed E-state index contributed by atoms with van der Waals surface area (Å²) in [5, 5.41) is 3.33. The van der Waals surface area contributed by atoms with Crippen molar-refractivity contribution in [3.8, 4) is 5.75 Å². The number of hydrogen-bond acceptors (Lipinski definition) is 4. The van der Waals surface area contributed by atoms with Gasteiger partial charge in [0.25, 0.3) is 0 Å². The number of ether oxygens (including phenoxy) is 1. The van der Waals surface area contributed by atoms with Crippen molar-refractivity contribution in [3.63, 3.8) is 0 Å². The Morgan fingerprint density at radius 3 is 2.57 bits per heavy atom. The maximum atomic E-state index is 12.7. The second kappa shape index (κ2) is 9.22. The molecule has 1 aromatic rings. The average molecular weight is 428 g/mol. The molecule has 0 atom stereocenters. The van der Waals surface area contributed by atoms with E-state index in [0.717, 1.165) is 30.4 Å². The second-order valence-electron chi connectivity index (χ2n) is 5.45. The zero-order valence-electron chi connectivity index (χ0n) is 13.4. The van der Waals surface area contributed by atoms with E-state index in [9.17, 15) is 8.42 Å². The molecule has 0 bridgehead atoms. The van der Waals surface area contributed by atoms with Crippen molar-refractivity contribution in [3.05, 3.63) is 22.7 Å². The molecule has 1 saturated heterocycles. The third-order valence-electron chi connectivity index (χ3n) is 4.02. The minimum absolute atomic E-state index is 0. The molecular weight excluding hydrogens is 404 g/mol. The van der Waals surface area contributed by atoms with Crippen molar-refractivity contribution in [2.24, 2.45) is 5.92 Å². The molecule has 0 saturated carbocycles. The molecule has 1 aromatic carbocycles. The Kier molecular flexibility index (Phi) is 8.30. The van der Waals surface area contributed by atoms with Crippen LogP contribution in [0.25, 0.3) is 0 Å². The van der Waals surface area contributed by atoms with Crippen LogP contribution in [0.3, 0.4) is 0 Å². The lowest BCUT2D eigenvalue weighted by molar-refractivity contribution is 0.268. The van der Waals surface area contributed by atoms with Crippen LogP contribution < -0.4 is 10.1 Å². The van der Waals surface area contributed by atoms with Crippen LogP contribution in [0.4, 0.5) is 0 Å². The molecule has 8 heteroatoms. The lowest BCUT2D eigenvalue weighted by Crippen LogP contribution is -2.40. The van der Waals surface area contributed by atoms with Crippen LogP contribution in [-0.2, 0) is 10.0 Å². The van der Waals surface area contributed by atoms with E-state index in [1.54, 1.807) is 22.5 Å². The summed E-state index contributed by atoms with van der Waals surface area (Å²) in [5.41, 5.74) is 0. The molecule has 0 spiro atoms. The first-order valence-electron chi connectivity index (χ1n) is 7.53. The molecule has 1 aliphatic rings. The minimum atomic E-state index is -3.44. The Labute approximate surface area is 153 Å². The lowest BCUT2D eigenvalue weighted by Gasteiger charge is -2.31. The smallest absolute Gasteiger partial charge is 0.243 e. The zero-order chi connectivity index (χ0) is 16.2. The minimum Gasteiger partial charge on any atom is -0.496 e. The molecule has 1 fully saturated rings. The van der Waals surface area contributed by atoms with Gasteiger partial charge in [-0.2, -0.15) is 4.31 Å². The largest absolute Gasteiger partial charge is 0.496 e. The molecule has 23 heavy (non-hydrogen) atoms. The molecule has 0 aliphatic carbocycles. The summed E-state index contributed by atoms with van der Waals surface area (Å²) in [6.45, 7) is 5.17. The van der Waals surface area contributed by atoms with E-state index in [4.69, 9.17) is 4.74 Å². The number of sulfonamides is 1. The van der Waals surface area contributed by atoms with Gasteiger partial charge in [0.1, 0.15) is 5.75 Å². The number of nitrogens with zero attached hydrogens (tertiary/aromatic N) is 1. The molecule has 0 radical (unpaired) electrons. The van der Waals surface area contributed by atoms with Crippen LogP contribution in [0.2, 0.25) is 0 Å². The number of rotatable bonds is 6. The summed E-state index contributed by atoms with van der Waals surface area (Å²) in [6.07, 6.45) is 1.81. The monoisotopic (exact) mass is 426 g/mol. The third kappa shape index (κ3) is 5.06. The zero-order valence-corrected chi connectivity index (χ0v) is 16.6. The third-order valence-corrected chi connectivity index (χ3v) is 6.57. The quantitative estimate of drug-likeness (QED) is 0.758. The standard InChI is InChI=1S/C15H23BrN2O3S.ClH/c1-3-17-11-12-6-8-18(9-7-12)22(19,20)13-4-5-14(16)15(10-13)21-2;/h4-5,10,12,17H,3,6-9,11H2,1-2H3;1H. The van der Waals surface area contributed by atoms with E-state index in [0.29, 0.717) is 24.8 Å². The van der Waals surface area contributed by atoms with Gasteiger partial charge in [-0.15, -0.1) is 12.4 Å². The van der Waals surface area contributed by atoms with Gasteiger partial charge in [0, 0.05) is 19.2 Å². The molecule has 0 amide bonds. The fourth-order valence-corrected chi connectivity index (χ4v) is 4.55. The summed E-state index contributed by atoms with van der Waals surface area (Å²) in [7, 11) is -1.91. The molecule has 2 rings (SSSR count). The summed E-state index contributed by atoms with van der Waals surface area (Å²) in [6, 6.07) is 4.90. The number of nitrogens with one attached hydrogen (secondary N) is 1. The van der Waals surface area contributed by atoms with E-state index < -0.39 is 10.0 Å². The van der Waals surface area contributed by atoms with Crippen LogP contribution in [0, 0.1) is 5.92 Å². The molecule has 1 aliphatic heterocycles. The first kappa shape index (κ1) is 20.7. The summed E-state index contributed by atoms with van der Waals surface area (Å²) in [4.78, 5) is 0.290. The highest BCUT2D eigenvalue weighted by atomic mass is 79.9. The van der Waals surface area contributed by atoms with Gasteiger partial charge in [-0.1, -0.05) is 6.92 Å². The van der Waals surface area contributed by atoms with Crippen molar-refractivity contribution < 1.29 is 13.2 Å². The van der Waals surface area contributed by atoms with Gasteiger partial charge in [-0.05, 0) is 59.9 Å². The van der Waals surface area contributed by atoms with E-state index in [2.05, 4.69) is 28.2 Å². The van der Waals surface area contributed by atoms with E-state index in [-0.39, 0.29) is 17.3 Å². The Morgan fingerprint density at radius 2 is 2.00 bits per heavy atom. The van der Waals surface area contributed by atoms with Gasteiger partial charge in [0.15, 0.2) is 0 Å². The normalized spacial score (nSPS) is 16.8. The highest BCUT2D eigenvalue weighted by Gasteiger charge is 2.29.